The summed E-state index contributed by atoms with van der Waals surface area (Å²) in [4.78, 5) is 4.22. The van der Waals surface area contributed by atoms with Crippen LogP contribution in [0.5, 0.6) is 5.75 Å². The van der Waals surface area contributed by atoms with E-state index in [1.165, 1.54) is 0 Å². The van der Waals surface area contributed by atoms with Gasteiger partial charge in [-0.1, -0.05) is 19.0 Å². The average molecular weight is 275 g/mol. The van der Waals surface area contributed by atoms with Crippen molar-refractivity contribution in [3.8, 4) is 5.75 Å². The molecule has 108 valence electrons. The molecule has 0 aromatic carbocycles. The first-order valence-electron chi connectivity index (χ1n) is 6.97. The topological polar surface area (TPSA) is 51.6 Å². The van der Waals surface area contributed by atoms with Crippen LogP contribution in [0.2, 0.25) is 0 Å². The Morgan fingerprint density at radius 3 is 2.35 bits per heavy atom. The van der Waals surface area contributed by atoms with E-state index in [-0.39, 0.29) is 24.1 Å². The van der Waals surface area contributed by atoms with Gasteiger partial charge in [-0.05, 0) is 45.7 Å². The largest absolute Gasteiger partial charge is 0.506 e. The van der Waals surface area contributed by atoms with E-state index in [9.17, 15) is 5.11 Å². The van der Waals surface area contributed by atoms with Crippen molar-refractivity contribution in [1.29, 1.82) is 0 Å². The third-order valence-corrected chi connectivity index (χ3v) is 4.02. The van der Waals surface area contributed by atoms with Crippen LogP contribution in [-0.2, 0) is 15.7 Å². The Balaban J connectivity index is 2.10. The molecule has 20 heavy (non-hydrogen) atoms. The molecular weight excluding hydrogens is 253 g/mol. The molecule has 2 rings (SSSR count). The highest BCUT2D eigenvalue weighted by atomic mass is 16.7. The van der Waals surface area contributed by atoms with E-state index in [2.05, 4.69) is 4.98 Å². The second-order valence-corrected chi connectivity index (χ2v) is 6.07. The number of hydrogen-bond acceptors (Lipinski definition) is 4. The fraction of sp³-hybridized carbons (Fsp3) is 0.533. The Morgan fingerprint density at radius 2 is 1.85 bits per heavy atom. The van der Waals surface area contributed by atoms with Crippen LogP contribution in [0.3, 0.4) is 0 Å². The van der Waals surface area contributed by atoms with Gasteiger partial charge in [0.05, 0.1) is 16.9 Å². The van der Waals surface area contributed by atoms with Crippen LogP contribution in [0, 0.1) is 0 Å². The van der Waals surface area contributed by atoms with Crippen LogP contribution in [-0.4, -0.2) is 28.4 Å². The molecule has 0 saturated carbocycles. The lowest BCUT2D eigenvalue weighted by molar-refractivity contribution is 0.00578. The van der Waals surface area contributed by atoms with E-state index in [0.717, 1.165) is 5.56 Å². The number of aromatic hydroxyl groups is 1. The molecular formula is C15H22BNO3. The maximum atomic E-state index is 9.79. The molecule has 1 aliphatic rings. The van der Waals surface area contributed by atoms with Gasteiger partial charge in [0, 0.05) is 6.20 Å². The number of nitrogens with zero attached hydrogens (tertiary/aromatic N) is 1. The molecule has 0 bridgehead atoms. The third kappa shape index (κ3) is 2.89. The summed E-state index contributed by atoms with van der Waals surface area (Å²) < 4.78 is 11.7. The Labute approximate surface area is 121 Å². The summed E-state index contributed by atoms with van der Waals surface area (Å²) in [5, 5.41) is 9.79. The first-order chi connectivity index (χ1) is 9.25. The van der Waals surface area contributed by atoms with Gasteiger partial charge < -0.3 is 14.4 Å². The van der Waals surface area contributed by atoms with Gasteiger partial charge >= 0.3 is 7.12 Å². The van der Waals surface area contributed by atoms with Crippen LogP contribution in [0.25, 0.3) is 6.08 Å². The molecule has 0 aliphatic carbocycles. The molecule has 0 atom stereocenters. The van der Waals surface area contributed by atoms with Gasteiger partial charge in [-0.2, -0.15) is 0 Å². The summed E-state index contributed by atoms with van der Waals surface area (Å²) in [6, 6.07) is 1.70. The summed E-state index contributed by atoms with van der Waals surface area (Å²) in [7, 11) is -0.381. The lowest BCUT2D eigenvalue weighted by atomic mass is 9.89. The van der Waals surface area contributed by atoms with Gasteiger partial charge in [0.1, 0.15) is 5.75 Å². The molecule has 2 heterocycles. The maximum Gasteiger partial charge on any atom is 0.487 e. The fourth-order valence-electron chi connectivity index (χ4n) is 2.02. The molecule has 1 aromatic heterocycles. The van der Waals surface area contributed by atoms with Crippen LogP contribution < -0.4 is 0 Å². The molecule has 5 heteroatoms. The van der Waals surface area contributed by atoms with Crippen molar-refractivity contribution in [1.82, 2.24) is 4.98 Å². The molecule has 1 saturated heterocycles. The minimum atomic E-state index is -0.381. The second kappa shape index (κ2) is 5.22. The predicted molar refractivity (Wildman–Crippen MR) is 80.4 cm³/mol. The molecule has 0 radical (unpaired) electrons. The smallest absolute Gasteiger partial charge is 0.487 e. The van der Waals surface area contributed by atoms with Crippen molar-refractivity contribution in [3.05, 3.63) is 29.5 Å². The zero-order chi connectivity index (χ0) is 15.0. The summed E-state index contributed by atoms with van der Waals surface area (Å²) in [5.74, 6) is 2.07. The molecule has 1 fully saturated rings. The van der Waals surface area contributed by atoms with Gasteiger partial charge in [-0.3, -0.25) is 4.98 Å². The van der Waals surface area contributed by atoms with Gasteiger partial charge in [0.25, 0.3) is 0 Å². The Kier molecular flexibility index (Phi) is 3.94. The summed E-state index contributed by atoms with van der Waals surface area (Å²) in [6.45, 7) is 10.0. The van der Waals surface area contributed by atoms with E-state index < -0.39 is 0 Å². The highest BCUT2D eigenvalue weighted by Gasteiger charge is 2.49. The Bertz CT molecular complexity index is 510. The predicted octanol–water partition coefficient (Wildman–Crippen LogP) is 2.99. The van der Waals surface area contributed by atoms with Crippen molar-refractivity contribution in [2.75, 3.05) is 0 Å². The van der Waals surface area contributed by atoms with Gasteiger partial charge in [-0.25, -0.2) is 0 Å². The van der Waals surface area contributed by atoms with Crippen LogP contribution >= 0.6 is 0 Å². The maximum absolute atomic E-state index is 9.79. The summed E-state index contributed by atoms with van der Waals surface area (Å²) >= 11 is 0. The lowest BCUT2D eigenvalue weighted by Crippen LogP contribution is -2.41. The number of pyridine rings is 1. The monoisotopic (exact) mass is 275 g/mol. The van der Waals surface area contributed by atoms with Crippen LogP contribution in [0.1, 0.15) is 45.9 Å². The molecule has 0 amide bonds. The quantitative estimate of drug-likeness (QED) is 0.861. The molecule has 1 aromatic rings. The standard InChI is InChI=1S/C15H22BNO3/c1-6-12-13(18)9-11(10-17-12)7-8-16-19-14(2,3)15(4,5)20-16/h7-10,18H,6H2,1-5H3/b8-7+. The third-order valence-electron chi connectivity index (χ3n) is 4.02. The first-order valence-corrected chi connectivity index (χ1v) is 6.97. The SMILES string of the molecule is CCc1ncc(/C=C/B2OC(C)(C)C(C)(C)O2)cc1O. The Morgan fingerprint density at radius 1 is 1.25 bits per heavy atom. The highest BCUT2D eigenvalue weighted by molar-refractivity contribution is 6.52. The zero-order valence-corrected chi connectivity index (χ0v) is 12.8. The van der Waals surface area contributed by atoms with Crippen molar-refractivity contribution < 1.29 is 14.4 Å². The van der Waals surface area contributed by atoms with E-state index in [1.54, 1.807) is 12.3 Å². The minimum absolute atomic E-state index is 0.226. The number of aryl methyl sites for hydroxylation is 1. The highest BCUT2D eigenvalue weighted by Crippen LogP contribution is 2.37. The number of hydrogen-bond donors (Lipinski definition) is 1. The summed E-state index contributed by atoms with van der Waals surface area (Å²) in [5.41, 5.74) is 0.857. The fourth-order valence-corrected chi connectivity index (χ4v) is 2.02. The molecule has 1 N–H and O–H groups in total. The number of aromatic nitrogens is 1. The van der Waals surface area contributed by atoms with E-state index in [4.69, 9.17) is 9.31 Å². The van der Waals surface area contributed by atoms with Crippen LogP contribution in [0.15, 0.2) is 18.2 Å². The van der Waals surface area contributed by atoms with Crippen molar-refractivity contribution in [2.45, 2.75) is 52.2 Å². The molecule has 0 spiro atoms. The van der Waals surface area contributed by atoms with Crippen molar-refractivity contribution >= 4 is 13.2 Å². The molecule has 4 nitrogen and oxygen atoms in total. The van der Waals surface area contributed by atoms with E-state index >= 15 is 0 Å². The first kappa shape index (κ1) is 15.1. The normalized spacial score (nSPS) is 20.8. The van der Waals surface area contributed by atoms with Crippen molar-refractivity contribution in [2.24, 2.45) is 0 Å². The van der Waals surface area contributed by atoms with E-state index in [0.29, 0.717) is 12.1 Å². The van der Waals surface area contributed by atoms with Gasteiger partial charge in [-0.15, -0.1) is 0 Å². The van der Waals surface area contributed by atoms with Gasteiger partial charge in [0.15, 0.2) is 0 Å². The zero-order valence-electron chi connectivity index (χ0n) is 12.8. The van der Waals surface area contributed by atoms with Gasteiger partial charge in [0.2, 0.25) is 0 Å². The minimum Gasteiger partial charge on any atom is -0.506 e. The molecule has 1 aliphatic heterocycles. The van der Waals surface area contributed by atoms with E-state index in [1.807, 2.05) is 46.7 Å². The van der Waals surface area contributed by atoms with Crippen molar-refractivity contribution in [3.63, 3.8) is 0 Å². The number of rotatable bonds is 3. The lowest BCUT2D eigenvalue weighted by Gasteiger charge is -2.32. The summed E-state index contributed by atoms with van der Waals surface area (Å²) in [6.07, 6.45) is 4.31. The Hall–Kier alpha value is -1.33. The molecule has 0 unspecified atom stereocenters. The van der Waals surface area contributed by atoms with Crippen LogP contribution in [0.4, 0.5) is 0 Å². The average Bonchev–Trinajstić information content (AvgIpc) is 2.55. The second-order valence-electron chi connectivity index (χ2n) is 6.07.